The van der Waals surface area contributed by atoms with Gasteiger partial charge >= 0.3 is 6.03 Å². The molecule has 2 aromatic rings. The molecule has 2 heterocycles. The van der Waals surface area contributed by atoms with Gasteiger partial charge in [-0.15, -0.1) is 0 Å². The first kappa shape index (κ1) is 19.9. The van der Waals surface area contributed by atoms with Crippen molar-refractivity contribution in [2.24, 2.45) is 0 Å². The molecule has 0 unspecified atom stereocenters. The fraction of sp³-hybridized carbons (Fsp3) is 0.476. The summed E-state index contributed by atoms with van der Waals surface area (Å²) in [4.78, 5) is 25.9. The van der Waals surface area contributed by atoms with Crippen LogP contribution in [0.5, 0.6) is 5.75 Å². The lowest BCUT2D eigenvalue weighted by molar-refractivity contribution is 0.208. The Hall–Kier alpha value is -2.83. The number of carbonyl (C=O) groups is 1. The molecule has 1 fully saturated rings. The summed E-state index contributed by atoms with van der Waals surface area (Å²) in [5, 5.41) is 2.96. The van der Waals surface area contributed by atoms with Crippen LogP contribution in [0.3, 0.4) is 0 Å². The molecule has 1 aliphatic rings. The van der Waals surface area contributed by atoms with Crippen molar-refractivity contribution in [3.8, 4) is 5.75 Å². The molecule has 1 aromatic heterocycles. The van der Waals surface area contributed by atoms with Crippen molar-refractivity contribution in [3.05, 3.63) is 41.9 Å². The standard InChI is InChI=1S/C21H29N5O2/c1-5-28-18-8-6-7-17(14-18)23-21(27)26-11-9-25(10-12-26)19-13-16(4)22-20(24-19)15(2)3/h6-8,13-15H,5,9-12H2,1-4H3,(H,23,27). The van der Waals surface area contributed by atoms with E-state index in [1.807, 2.05) is 49.1 Å². The number of urea groups is 1. The monoisotopic (exact) mass is 383 g/mol. The first-order valence-electron chi connectivity index (χ1n) is 9.85. The Morgan fingerprint density at radius 3 is 2.61 bits per heavy atom. The van der Waals surface area contributed by atoms with Crippen LogP contribution in [0.4, 0.5) is 16.3 Å². The maximum Gasteiger partial charge on any atom is 0.321 e. The van der Waals surface area contributed by atoms with Gasteiger partial charge in [-0.1, -0.05) is 19.9 Å². The highest BCUT2D eigenvalue weighted by molar-refractivity contribution is 5.89. The van der Waals surface area contributed by atoms with Crippen molar-refractivity contribution in [3.63, 3.8) is 0 Å². The lowest BCUT2D eigenvalue weighted by atomic mass is 10.2. The summed E-state index contributed by atoms with van der Waals surface area (Å²) >= 11 is 0. The molecule has 1 aromatic carbocycles. The third-order valence-corrected chi connectivity index (χ3v) is 4.66. The molecule has 0 saturated carbocycles. The third kappa shape index (κ3) is 4.91. The van der Waals surface area contributed by atoms with Crippen molar-refractivity contribution in [2.45, 2.75) is 33.6 Å². The van der Waals surface area contributed by atoms with Gasteiger partial charge in [-0.05, 0) is 26.0 Å². The van der Waals surface area contributed by atoms with Gasteiger partial charge in [0.2, 0.25) is 0 Å². The summed E-state index contributed by atoms with van der Waals surface area (Å²) in [7, 11) is 0. The van der Waals surface area contributed by atoms with E-state index < -0.39 is 0 Å². The minimum Gasteiger partial charge on any atom is -0.494 e. The van der Waals surface area contributed by atoms with Gasteiger partial charge in [-0.3, -0.25) is 0 Å². The first-order valence-corrected chi connectivity index (χ1v) is 9.85. The Balaban J connectivity index is 1.59. The zero-order chi connectivity index (χ0) is 20.1. The predicted octanol–water partition coefficient (Wildman–Crippen LogP) is 3.66. The molecule has 150 valence electrons. The summed E-state index contributed by atoms with van der Waals surface area (Å²) in [5.41, 5.74) is 1.72. The van der Waals surface area contributed by atoms with E-state index >= 15 is 0 Å². The average molecular weight is 383 g/mol. The van der Waals surface area contributed by atoms with Gasteiger partial charge in [0, 0.05) is 55.6 Å². The van der Waals surface area contributed by atoms with E-state index in [1.54, 1.807) is 0 Å². The lowest BCUT2D eigenvalue weighted by Crippen LogP contribution is -2.50. The minimum absolute atomic E-state index is 0.0879. The highest BCUT2D eigenvalue weighted by Crippen LogP contribution is 2.20. The summed E-state index contributed by atoms with van der Waals surface area (Å²) in [6.45, 7) is 11.5. The van der Waals surface area contributed by atoms with Crippen LogP contribution in [0.15, 0.2) is 30.3 Å². The van der Waals surface area contributed by atoms with Gasteiger partial charge in [0.25, 0.3) is 0 Å². The summed E-state index contributed by atoms with van der Waals surface area (Å²) in [6.07, 6.45) is 0. The lowest BCUT2D eigenvalue weighted by Gasteiger charge is -2.35. The maximum atomic E-state index is 12.6. The highest BCUT2D eigenvalue weighted by Gasteiger charge is 2.23. The largest absolute Gasteiger partial charge is 0.494 e. The van der Waals surface area contributed by atoms with Crippen LogP contribution < -0.4 is 15.0 Å². The third-order valence-electron chi connectivity index (χ3n) is 4.66. The number of aryl methyl sites for hydroxylation is 1. The van der Waals surface area contributed by atoms with E-state index in [2.05, 4.69) is 29.0 Å². The van der Waals surface area contributed by atoms with E-state index in [9.17, 15) is 4.79 Å². The van der Waals surface area contributed by atoms with Gasteiger partial charge in [-0.25, -0.2) is 14.8 Å². The number of hydrogen-bond donors (Lipinski definition) is 1. The minimum atomic E-state index is -0.0879. The molecule has 28 heavy (non-hydrogen) atoms. The van der Waals surface area contributed by atoms with Crippen LogP contribution in [0.1, 0.15) is 38.2 Å². The molecule has 7 heteroatoms. The number of nitrogens with one attached hydrogen (secondary N) is 1. The van der Waals surface area contributed by atoms with Crippen LogP contribution in [-0.2, 0) is 0 Å². The summed E-state index contributed by atoms with van der Waals surface area (Å²) < 4.78 is 5.49. The molecule has 0 bridgehead atoms. The SMILES string of the molecule is CCOc1cccc(NC(=O)N2CCN(c3cc(C)nc(C(C)C)n3)CC2)c1. The number of aromatic nitrogens is 2. The van der Waals surface area contributed by atoms with E-state index in [4.69, 9.17) is 9.72 Å². The van der Waals surface area contributed by atoms with Crippen LogP contribution in [0.2, 0.25) is 0 Å². The second kappa shape index (κ2) is 8.91. The van der Waals surface area contributed by atoms with Gasteiger partial charge in [0.15, 0.2) is 0 Å². The molecule has 3 rings (SSSR count). The molecule has 0 radical (unpaired) electrons. The zero-order valence-corrected chi connectivity index (χ0v) is 17.1. The molecule has 1 saturated heterocycles. The molecule has 1 aliphatic heterocycles. The highest BCUT2D eigenvalue weighted by atomic mass is 16.5. The molecule has 0 atom stereocenters. The number of nitrogens with zero attached hydrogens (tertiary/aromatic N) is 4. The van der Waals surface area contributed by atoms with Crippen LogP contribution in [0.25, 0.3) is 0 Å². The molecule has 7 nitrogen and oxygen atoms in total. The van der Waals surface area contributed by atoms with Gasteiger partial charge in [0.05, 0.1) is 6.61 Å². The molecule has 1 N–H and O–H groups in total. The Morgan fingerprint density at radius 2 is 1.93 bits per heavy atom. The molecular formula is C21H29N5O2. The number of amides is 2. The van der Waals surface area contributed by atoms with Crippen LogP contribution >= 0.6 is 0 Å². The van der Waals surface area contributed by atoms with Crippen LogP contribution in [-0.4, -0.2) is 53.7 Å². The van der Waals surface area contributed by atoms with Gasteiger partial charge in [0.1, 0.15) is 17.4 Å². The smallest absolute Gasteiger partial charge is 0.321 e. The van der Waals surface area contributed by atoms with Gasteiger partial charge in [-0.2, -0.15) is 0 Å². The van der Waals surface area contributed by atoms with Crippen molar-refractivity contribution in [1.82, 2.24) is 14.9 Å². The van der Waals surface area contributed by atoms with Crippen molar-refractivity contribution in [2.75, 3.05) is 43.0 Å². The zero-order valence-electron chi connectivity index (χ0n) is 17.1. The number of anilines is 2. The molecular weight excluding hydrogens is 354 g/mol. The quantitative estimate of drug-likeness (QED) is 0.853. The normalized spacial score (nSPS) is 14.3. The molecule has 2 amide bonds. The number of piperazine rings is 1. The predicted molar refractivity (Wildman–Crippen MR) is 111 cm³/mol. The Labute approximate surface area is 166 Å². The van der Waals surface area contributed by atoms with E-state index in [-0.39, 0.29) is 11.9 Å². The van der Waals surface area contributed by atoms with Crippen molar-refractivity contribution >= 4 is 17.5 Å². The number of ether oxygens (including phenoxy) is 1. The van der Waals surface area contributed by atoms with Crippen molar-refractivity contribution in [1.29, 1.82) is 0 Å². The Morgan fingerprint density at radius 1 is 1.18 bits per heavy atom. The number of hydrogen-bond acceptors (Lipinski definition) is 5. The molecule has 0 aliphatic carbocycles. The van der Waals surface area contributed by atoms with E-state index in [0.717, 1.165) is 41.9 Å². The first-order chi connectivity index (χ1) is 13.5. The van der Waals surface area contributed by atoms with Crippen molar-refractivity contribution < 1.29 is 9.53 Å². The molecule has 0 spiro atoms. The summed E-state index contributed by atoms with van der Waals surface area (Å²) in [6, 6.07) is 9.40. The van der Waals surface area contributed by atoms with E-state index in [0.29, 0.717) is 19.7 Å². The number of carbonyl (C=O) groups excluding carboxylic acids is 1. The number of benzene rings is 1. The maximum absolute atomic E-state index is 12.6. The topological polar surface area (TPSA) is 70.6 Å². The fourth-order valence-corrected chi connectivity index (χ4v) is 3.17. The second-order valence-corrected chi connectivity index (χ2v) is 7.25. The second-order valence-electron chi connectivity index (χ2n) is 7.25. The average Bonchev–Trinajstić information content (AvgIpc) is 2.68. The summed E-state index contributed by atoms with van der Waals surface area (Å²) in [5.74, 6) is 2.86. The van der Waals surface area contributed by atoms with E-state index in [1.165, 1.54) is 0 Å². The number of rotatable bonds is 5. The van der Waals surface area contributed by atoms with Gasteiger partial charge < -0.3 is 19.9 Å². The Bertz CT molecular complexity index is 816. The van der Waals surface area contributed by atoms with Crippen LogP contribution in [0, 0.1) is 6.92 Å². The fourth-order valence-electron chi connectivity index (χ4n) is 3.17. The Kier molecular flexibility index (Phi) is 6.34.